The molecule has 2 aromatic carbocycles. The van der Waals surface area contributed by atoms with Crippen LogP contribution in [0.25, 0.3) is 0 Å². The summed E-state index contributed by atoms with van der Waals surface area (Å²) in [6, 6.07) is 13.1. The van der Waals surface area contributed by atoms with E-state index in [4.69, 9.17) is 4.74 Å². The molecular formula is C18H18N2O3. The molecule has 0 spiro atoms. The number of aryl methyl sites for hydroxylation is 1. The highest BCUT2D eigenvalue weighted by Crippen LogP contribution is 2.34. The van der Waals surface area contributed by atoms with Crippen LogP contribution in [-0.2, 0) is 11.3 Å². The van der Waals surface area contributed by atoms with E-state index in [2.05, 4.69) is 5.32 Å². The van der Waals surface area contributed by atoms with Crippen LogP contribution in [0, 0.1) is 6.92 Å². The lowest BCUT2D eigenvalue weighted by Gasteiger charge is -2.27. The van der Waals surface area contributed by atoms with Crippen molar-refractivity contribution in [3.8, 4) is 5.75 Å². The molecule has 0 unspecified atom stereocenters. The molecule has 118 valence electrons. The van der Waals surface area contributed by atoms with E-state index in [1.54, 1.807) is 25.2 Å². The topological polar surface area (TPSA) is 58.6 Å². The van der Waals surface area contributed by atoms with E-state index in [1.165, 1.54) is 4.90 Å². The molecule has 0 saturated heterocycles. The minimum absolute atomic E-state index is 0.0500. The first-order valence-electron chi connectivity index (χ1n) is 7.43. The fraction of sp³-hybridized carbons (Fsp3) is 0.222. The Balaban J connectivity index is 1.81. The van der Waals surface area contributed by atoms with Gasteiger partial charge in [-0.1, -0.05) is 30.3 Å². The number of rotatable bonds is 3. The van der Waals surface area contributed by atoms with Gasteiger partial charge in [0.1, 0.15) is 0 Å². The van der Waals surface area contributed by atoms with Crippen LogP contribution in [-0.4, -0.2) is 25.5 Å². The Morgan fingerprint density at radius 2 is 2.00 bits per heavy atom. The molecule has 5 heteroatoms. The molecule has 2 aromatic rings. The van der Waals surface area contributed by atoms with E-state index < -0.39 is 0 Å². The predicted octanol–water partition coefficient (Wildman–Crippen LogP) is 2.28. The molecule has 23 heavy (non-hydrogen) atoms. The molecule has 2 amide bonds. The van der Waals surface area contributed by atoms with Crippen LogP contribution in [0.4, 0.5) is 5.69 Å². The summed E-state index contributed by atoms with van der Waals surface area (Å²) in [5.41, 5.74) is 3.25. The number of hydrogen-bond donors (Lipinski definition) is 1. The average Bonchev–Trinajstić information content (AvgIpc) is 2.57. The van der Waals surface area contributed by atoms with Crippen molar-refractivity contribution in [2.24, 2.45) is 0 Å². The van der Waals surface area contributed by atoms with Gasteiger partial charge in [-0.2, -0.15) is 0 Å². The molecule has 5 nitrogen and oxygen atoms in total. The van der Waals surface area contributed by atoms with Gasteiger partial charge in [-0.3, -0.25) is 9.59 Å². The van der Waals surface area contributed by atoms with E-state index in [-0.39, 0.29) is 18.4 Å². The third-order valence-electron chi connectivity index (χ3n) is 4.01. The smallest absolute Gasteiger partial charge is 0.264 e. The van der Waals surface area contributed by atoms with Crippen LogP contribution in [0.1, 0.15) is 21.5 Å². The molecule has 1 N–H and O–H groups in total. The highest BCUT2D eigenvalue weighted by molar-refractivity contribution is 6.03. The molecule has 1 aliphatic heterocycles. The van der Waals surface area contributed by atoms with Gasteiger partial charge in [-0.15, -0.1) is 0 Å². The molecule has 0 radical (unpaired) electrons. The Kier molecular flexibility index (Phi) is 4.02. The molecule has 3 rings (SSSR count). The van der Waals surface area contributed by atoms with Gasteiger partial charge in [0.15, 0.2) is 12.4 Å². The predicted molar refractivity (Wildman–Crippen MR) is 87.7 cm³/mol. The normalized spacial score (nSPS) is 13.3. The molecular weight excluding hydrogens is 292 g/mol. The first-order chi connectivity index (χ1) is 11.1. The number of hydrogen-bond acceptors (Lipinski definition) is 3. The van der Waals surface area contributed by atoms with Crippen molar-refractivity contribution in [3.63, 3.8) is 0 Å². The van der Waals surface area contributed by atoms with Crippen LogP contribution in [0.5, 0.6) is 5.75 Å². The fourth-order valence-corrected chi connectivity index (χ4v) is 2.56. The number of carbonyl (C=O) groups excluding carboxylic acids is 2. The van der Waals surface area contributed by atoms with E-state index in [9.17, 15) is 9.59 Å². The molecule has 1 aliphatic rings. The van der Waals surface area contributed by atoms with Gasteiger partial charge in [0.25, 0.3) is 11.8 Å². The summed E-state index contributed by atoms with van der Waals surface area (Å²) in [7, 11) is 1.68. The highest BCUT2D eigenvalue weighted by atomic mass is 16.5. The lowest BCUT2D eigenvalue weighted by Crippen LogP contribution is -2.36. The monoisotopic (exact) mass is 310 g/mol. The van der Waals surface area contributed by atoms with Crippen molar-refractivity contribution >= 4 is 17.5 Å². The molecule has 0 aliphatic carbocycles. The van der Waals surface area contributed by atoms with Gasteiger partial charge in [-0.25, -0.2) is 0 Å². The Bertz CT molecular complexity index is 771. The fourth-order valence-electron chi connectivity index (χ4n) is 2.56. The number of carbonyl (C=O) groups is 2. The Morgan fingerprint density at radius 1 is 1.22 bits per heavy atom. The summed E-state index contributed by atoms with van der Waals surface area (Å²) < 4.78 is 5.48. The summed E-state index contributed by atoms with van der Waals surface area (Å²) in [5, 5.41) is 2.91. The zero-order chi connectivity index (χ0) is 16.4. The summed E-state index contributed by atoms with van der Waals surface area (Å²) >= 11 is 0. The zero-order valence-corrected chi connectivity index (χ0v) is 13.1. The molecule has 0 bridgehead atoms. The number of anilines is 1. The van der Waals surface area contributed by atoms with E-state index in [1.807, 2.05) is 31.2 Å². The zero-order valence-electron chi connectivity index (χ0n) is 13.1. The van der Waals surface area contributed by atoms with E-state index >= 15 is 0 Å². The summed E-state index contributed by atoms with van der Waals surface area (Å²) in [5.74, 6) is 0.111. The quantitative estimate of drug-likeness (QED) is 0.946. The van der Waals surface area contributed by atoms with E-state index in [0.717, 1.165) is 11.1 Å². The number of ether oxygens (including phenoxy) is 1. The van der Waals surface area contributed by atoms with Crippen molar-refractivity contribution in [2.75, 3.05) is 18.6 Å². The van der Waals surface area contributed by atoms with Crippen LogP contribution in [0.3, 0.4) is 0 Å². The Labute approximate surface area is 134 Å². The summed E-state index contributed by atoms with van der Waals surface area (Å²) in [6.07, 6.45) is 0. The van der Waals surface area contributed by atoms with E-state index in [0.29, 0.717) is 23.5 Å². The number of nitrogens with zero attached hydrogens (tertiary/aromatic N) is 1. The lowest BCUT2D eigenvalue weighted by atomic mass is 10.1. The van der Waals surface area contributed by atoms with Gasteiger partial charge >= 0.3 is 0 Å². The minimum Gasteiger partial charge on any atom is -0.481 e. The molecule has 0 saturated carbocycles. The number of para-hydroxylation sites is 1. The lowest BCUT2D eigenvalue weighted by molar-refractivity contribution is -0.121. The van der Waals surface area contributed by atoms with Crippen molar-refractivity contribution in [1.82, 2.24) is 5.32 Å². The second-order valence-electron chi connectivity index (χ2n) is 5.50. The first kappa shape index (κ1) is 15.1. The SMILES string of the molecule is Cc1ccccc1CNC(=O)c1cccc2c1OCC(=O)N2C. The van der Waals surface area contributed by atoms with Gasteiger partial charge in [0, 0.05) is 13.6 Å². The molecule has 1 heterocycles. The van der Waals surface area contributed by atoms with Gasteiger partial charge in [-0.05, 0) is 30.2 Å². The maximum absolute atomic E-state index is 12.5. The summed E-state index contributed by atoms with van der Waals surface area (Å²) in [6.45, 7) is 2.41. The molecule has 0 aromatic heterocycles. The minimum atomic E-state index is -0.215. The van der Waals surface area contributed by atoms with Crippen molar-refractivity contribution in [1.29, 1.82) is 0 Å². The third-order valence-corrected chi connectivity index (χ3v) is 4.01. The van der Waals surface area contributed by atoms with Crippen LogP contribution >= 0.6 is 0 Å². The number of benzene rings is 2. The highest BCUT2D eigenvalue weighted by Gasteiger charge is 2.26. The first-order valence-corrected chi connectivity index (χ1v) is 7.43. The van der Waals surface area contributed by atoms with Gasteiger partial charge in [0.2, 0.25) is 0 Å². The standard InChI is InChI=1S/C18H18N2O3/c1-12-6-3-4-7-13(12)10-19-18(22)14-8-5-9-15-17(14)23-11-16(21)20(15)2/h3-9H,10-11H2,1-2H3,(H,19,22). The Hall–Kier alpha value is -2.82. The number of fused-ring (bicyclic) bond motifs is 1. The second kappa shape index (κ2) is 6.12. The maximum Gasteiger partial charge on any atom is 0.264 e. The largest absolute Gasteiger partial charge is 0.481 e. The van der Waals surface area contributed by atoms with Gasteiger partial charge < -0.3 is 15.0 Å². The van der Waals surface area contributed by atoms with Crippen molar-refractivity contribution in [2.45, 2.75) is 13.5 Å². The van der Waals surface area contributed by atoms with Crippen molar-refractivity contribution < 1.29 is 14.3 Å². The Morgan fingerprint density at radius 3 is 2.78 bits per heavy atom. The molecule has 0 atom stereocenters. The van der Waals surface area contributed by atoms with Crippen LogP contribution in [0.2, 0.25) is 0 Å². The van der Waals surface area contributed by atoms with Crippen LogP contribution in [0.15, 0.2) is 42.5 Å². The number of nitrogens with one attached hydrogen (secondary N) is 1. The van der Waals surface area contributed by atoms with Gasteiger partial charge in [0.05, 0.1) is 11.3 Å². The number of likely N-dealkylation sites (N-methyl/N-ethyl adjacent to an activating group) is 1. The maximum atomic E-state index is 12.5. The summed E-state index contributed by atoms with van der Waals surface area (Å²) in [4.78, 5) is 25.7. The van der Waals surface area contributed by atoms with Crippen LogP contribution < -0.4 is 15.0 Å². The average molecular weight is 310 g/mol. The molecule has 0 fully saturated rings. The van der Waals surface area contributed by atoms with Crippen molar-refractivity contribution in [3.05, 3.63) is 59.2 Å². The second-order valence-corrected chi connectivity index (χ2v) is 5.50. The number of amides is 2. The third kappa shape index (κ3) is 2.90.